The van der Waals surface area contributed by atoms with Gasteiger partial charge in [-0.2, -0.15) is 13.2 Å². The summed E-state index contributed by atoms with van der Waals surface area (Å²) in [7, 11) is -3.07. The molecule has 1 aromatic carbocycles. The first-order valence-electron chi connectivity index (χ1n) is 5.59. The molecule has 0 atom stereocenters. The summed E-state index contributed by atoms with van der Waals surface area (Å²) in [6.45, 7) is -0.914. The van der Waals surface area contributed by atoms with Crippen LogP contribution >= 0.6 is 0 Å². The second kappa shape index (κ2) is 6.06. The van der Waals surface area contributed by atoms with Crippen molar-refractivity contribution >= 4 is 10.0 Å². The van der Waals surface area contributed by atoms with Gasteiger partial charge in [-0.15, -0.1) is 0 Å². The van der Waals surface area contributed by atoms with E-state index in [1.54, 1.807) is 0 Å². The van der Waals surface area contributed by atoms with Crippen molar-refractivity contribution in [2.24, 2.45) is 5.73 Å². The normalized spacial score (nSPS) is 12.9. The monoisotopic (exact) mass is 314 g/mol. The van der Waals surface area contributed by atoms with Crippen LogP contribution in [0.3, 0.4) is 0 Å². The van der Waals surface area contributed by atoms with Crippen molar-refractivity contribution in [2.75, 3.05) is 13.6 Å². The summed E-state index contributed by atoms with van der Waals surface area (Å²) in [4.78, 5) is -0.288. The number of benzene rings is 1. The Labute approximate surface area is 114 Å². The maximum atomic E-state index is 13.2. The third kappa shape index (κ3) is 4.15. The zero-order valence-electron chi connectivity index (χ0n) is 10.6. The highest BCUT2D eigenvalue weighted by molar-refractivity contribution is 7.89. The van der Waals surface area contributed by atoms with Crippen LogP contribution in [-0.2, 0) is 16.6 Å². The van der Waals surface area contributed by atoms with Crippen LogP contribution in [-0.4, -0.2) is 32.5 Å². The van der Waals surface area contributed by atoms with E-state index in [9.17, 15) is 26.0 Å². The quantitative estimate of drug-likeness (QED) is 0.844. The zero-order valence-corrected chi connectivity index (χ0v) is 11.4. The van der Waals surface area contributed by atoms with Gasteiger partial charge in [-0.1, -0.05) is 0 Å². The minimum Gasteiger partial charge on any atom is -0.326 e. The molecule has 0 unspecified atom stereocenters. The second-order valence-electron chi connectivity index (χ2n) is 4.15. The van der Waals surface area contributed by atoms with E-state index < -0.39 is 35.0 Å². The summed E-state index contributed by atoms with van der Waals surface area (Å²) in [5, 5.41) is 0. The molecule has 0 aromatic heterocycles. The molecule has 0 spiro atoms. The highest BCUT2D eigenvalue weighted by Crippen LogP contribution is 2.23. The van der Waals surface area contributed by atoms with Crippen LogP contribution < -0.4 is 5.73 Å². The second-order valence-corrected chi connectivity index (χ2v) is 6.19. The van der Waals surface area contributed by atoms with Crippen LogP contribution in [0.4, 0.5) is 17.6 Å². The Morgan fingerprint density at radius 1 is 1.30 bits per heavy atom. The first-order valence-corrected chi connectivity index (χ1v) is 7.03. The summed E-state index contributed by atoms with van der Waals surface area (Å²) in [5.41, 5.74) is 5.24. The van der Waals surface area contributed by atoms with Crippen molar-refractivity contribution in [3.8, 4) is 0 Å². The molecule has 0 fully saturated rings. The molecule has 20 heavy (non-hydrogen) atoms. The molecule has 1 rings (SSSR count). The van der Waals surface area contributed by atoms with Crippen molar-refractivity contribution in [1.82, 2.24) is 4.31 Å². The van der Waals surface area contributed by atoms with Gasteiger partial charge in [0, 0.05) is 25.7 Å². The first kappa shape index (κ1) is 16.9. The molecular formula is C11H14F4N2O2S. The van der Waals surface area contributed by atoms with Crippen LogP contribution in [0, 0.1) is 5.82 Å². The molecule has 1 aromatic rings. The van der Waals surface area contributed by atoms with Gasteiger partial charge in [0.1, 0.15) is 5.82 Å². The van der Waals surface area contributed by atoms with Crippen molar-refractivity contribution in [2.45, 2.75) is 24.0 Å². The van der Waals surface area contributed by atoms with E-state index in [1.807, 2.05) is 0 Å². The summed E-state index contributed by atoms with van der Waals surface area (Å²) in [6, 6.07) is 2.94. The lowest BCUT2D eigenvalue weighted by Gasteiger charge is -2.18. The fourth-order valence-corrected chi connectivity index (χ4v) is 2.68. The van der Waals surface area contributed by atoms with E-state index in [1.165, 1.54) is 0 Å². The third-order valence-electron chi connectivity index (χ3n) is 2.66. The number of hydrogen-bond acceptors (Lipinski definition) is 3. The number of alkyl halides is 3. The number of sulfonamides is 1. The maximum absolute atomic E-state index is 13.2. The average Bonchev–Trinajstić information content (AvgIpc) is 2.35. The van der Waals surface area contributed by atoms with Gasteiger partial charge in [-0.05, 0) is 18.2 Å². The fourth-order valence-electron chi connectivity index (χ4n) is 1.45. The van der Waals surface area contributed by atoms with Crippen molar-refractivity contribution < 1.29 is 26.0 Å². The van der Waals surface area contributed by atoms with Gasteiger partial charge in [0.2, 0.25) is 10.0 Å². The lowest BCUT2D eigenvalue weighted by Crippen LogP contribution is -2.30. The molecule has 0 bridgehead atoms. The molecule has 0 aliphatic carbocycles. The molecule has 9 heteroatoms. The predicted octanol–water partition coefficient (Wildman–Crippen LogP) is 1.86. The number of rotatable bonds is 5. The largest absolute Gasteiger partial charge is 0.390 e. The zero-order chi connectivity index (χ0) is 15.6. The van der Waals surface area contributed by atoms with Crippen LogP contribution in [0.15, 0.2) is 23.1 Å². The molecule has 0 aliphatic rings. The summed E-state index contributed by atoms with van der Waals surface area (Å²) < 4.78 is 74.1. The number of hydrogen-bond donors (Lipinski definition) is 1. The molecule has 0 saturated carbocycles. The molecule has 114 valence electrons. The van der Waals surface area contributed by atoms with E-state index >= 15 is 0 Å². The minimum absolute atomic E-state index is 0.0182. The molecule has 0 heterocycles. The van der Waals surface area contributed by atoms with Gasteiger partial charge in [-0.3, -0.25) is 0 Å². The van der Waals surface area contributed by atoms with Crippen molar-refractivity contribution in [3.05, 3.63) is 29.6 Å². The lowest BCUT2D eigenvalue weighted by molar-refractivity contribution is -0.135. The Bertz CT molecular complexity index is 572. The highest BCUT2D eigenvalue weighted by atomic mass is 32.2. The SMILES string of the molecule is CN(CCC(F)(F)F)S(=O)(=O)c1ccc(F)c(CN)c1. The van der Waals surface area contributed by atoms with E-state index in [4.69, 9.17) is 5.73 Å². The third-order valence-corrected chi connectivity index (χ3v) is 4.51. The summed E-state index contributed by atoms with van der Waals surface area (Å²) in [5.74, 6) is -0.663. The smallest absolute Gasteiger partial charge is 0.326 e. The predicted molar refractivity (Wildman–Crippen MR) is 64.8 cm³/mol. The average molecular weight is 314 g/mol. The van der Waals surface area contributed by atoms with Crippen LogP contribution in [0.1, 0.15) is 12.0 Å². The molecule has 0 radical (unpaired) electrons. The first-order chi connectivity index (χ1) is 9.08. The molecule has 0 saturated heterocycles. The highest BCUT2D eigenvalue weighted by Gasteiger charge is 2.30. The van der Waals surface area contributed by atoms with Gasteiger partial charge < -0.3 is 5.73 Å². The standard InChI is InChI=1S/C11H14F4N2O2S/c1-17(5-4-11(13,14)15)20(18,19)9-2-3-10(12)8(6-9)7-16/h2-3,6H,4-5,7,16H2,1H3. The van der Waals surface area contributed by atoms with E-state index in [0.717, 1.165) is 25.2 Å². The molecule has 2 N–H and O–H groups in total. The summed E-state index contributed by atoms with van der Waals surface area (Å²) >= 11 is 0. The van der Waals surface area contributed by atoms with Crippen LogP contribution in [0.5, 0.6) is 0 Å². The minimum atomic E-state index is -4.45. The Morgan fingerprint density at radius 3 is 2.40 bits per heavy atom. The maximum Gasteiger partial charge on any atom is 0.390 e. The van der Waals surface area contributed by atoms with E-state index in [-0.39, 0.29) is 17.0 Å². The Morgan fingerprint density at radius 2 is 1.90 bits per heavy atom. The Hall–Kier alpha value is -1.19. The Kier molecular flexibility index (Phi) is 5.11. The van der Waals surface area contributed by atoms with Gasteiger partial charge in [0.25, 0.3) is 0 Å². The topological polar surface area (TPSA) is 63.4 Å². The van der Waals surface area contributed by atoms with Crippen LogP contribution in [0.25, 0.3) is 0 Å². The van der Waals surface area contributed by atoms with Crippen LogP contribution in [0.2, 0.25) is 0 Å². The molecule has 0 aliphatic heterocycles. The number of nitrogens with two attached hydrogens (primary N) is 1. The van der Waals surface area contributed by atoms with Gasteiger partial charge in [0.05, 0.1) is 11.3 Å². The van der Waals surface area contributed by atoms with E-state index in [0.29, 0.717) is 4.31 Å². The summed E-state index contributed by atoms with van der Waals surface area (Å²) in [6.07, 6.45) is -5.71. The van der Waals surface area contributed by atoms with Gasteiger partial charge >= 0.3 is 6.18 Å². The molecular weight excluding hydrogens is 300 g/mol. The lowest BCUT2D eigenvalue weighted by atomic mass is 10.2. The van der Waals surface area contributed by atoms with Crippen molar-refractivity contribution in [1.29, 1.82) is 0 Å². The van der Waals surface area contributed by atoms with Gasteiger partial charge in [-0.25, -0.2) is 17.1 Å². The fraction of sp³-hybridized carbons (Fsp3) is 0.455. The number of halogens is 4. The number of nitrogens with zero attached hydrogens (tertiary/aromatic N) is 1. The Balaban J connectivity index is 2.98. The van der Waals surface area contributed by atoms with E-state index in [2.05, 4.69) is 0 Å². The molecule has 0 amide bonds. The van der Waals surface area contributed by atoms with Crippen molar-refractivity contribution in [3.63, 3.8) is 0 Å². The van der Waals surface area contributed by atoms with Gasteiger partial charge in [0.15, 0.2) is 0 Å². The molecule has 4 nitrogen and oxygen atoms in total.